The molecule has 0 radical (unpaired) electrons. The van der Waals surface area contributed by atoms with Gasteiger partial charge in [-0.25, -0.2) is 0 Å². The third-order valence-corrected chi connectivity index (χ3v) is 6.41. The average molecular weight is 511 g/mol. The van der Waals surface area contributed by atoms with Crippen molar-refractivity contribution in [2.24, 2.45) is 0 Å². The molecule has 6 heteroatoms. The van der Waals surface area contributed by atoms with E-state index < -0.39 is 0 Å². The molecule has 0 heterocycles. The minimum Gasteiger partial charge on any atom is -0.495 e. The molecule has 0 aliphatic carbocycles. The predicted octanol–water partition coefficient (Wildman–Crippen LogP) is 7.78. The largest absolute Gasteiger partial charge is 0.495 e. The third-order valence-electron chi connectivity index (χ3n) is 6.41. The molecule has 204 valence electrons. The quantitative estimate of drug-likeness (QED) is 0.189. The van der Waals surface area contributed by atoms with E-state index in [1.807, 2.05) is 12.1 Å². The Balaban J connectivity index is 1.76. The Kier molecular flexibility index (Phi) is 14.9. The Morgan fingerprint density at radius 3 is 1.92 bits per heavy atom. The molecule has 0 saturated carbocycles. The van der Waals surface area contributed by atoms with E-state index in [4.69, 9.17) is 9.47 Å². The van der Waals surface area contributed by atoms with Gasteiger partial charge in [0.2, 0.25) is 0 Å². The van der Waals surface area contributed by atoms with Crippen LogP contribution in [0.25, 0.3) is 0 Å². The monoisotopic (exact) mass is 510 g/mol. The molecule has 0 bridgehead atoms. The van der Waals surface area contributed by atoms with Gasteiger partial charge in [0.15, 0.2) is 0 Å². The van der Waals surface area contributed by atoms with Crippen molar-refractivity contribution < 1.29 is 19.1 Å². The van der Waals surface area contributed by atoms with E-state index in [2.05, 4.69) is 24.5 Å². The van der Waals surface area contributed by atoms with Gasteiger partial charge in [0.1, 0.15) is 11.5 Å². The number of carbonyl (C=O) groups is 2. The van der Waals surface area contributed by atoms with Crippen molar-refractivity contribution in [3.63, 3.8) is 0 Å². The van der Waals surface area contributed by atoms with E-state index >= 15 is 0 Å². The van der Waals surface area contributed by atoms with E-state index in [1.165, 1.54) is 64.9 Å². The first-order chi connectivity index (χ1) is 18.1. The lowest BCUT2D eigenvalue weighted by Crippen LogP contribution is -2.24. The summed E-state index contributed by atoms with van der Waals surface area (Å²) in [7, 11) is 1.53. The van der Waals surface area contributed by atoms with Gasteiger partial charge in [0.25, 0.3) is 11.8 Å². The van der Waals surface area contributed by atoms with Gasteiger partial charge in [0.05, 0.1) is 19.4 Å². The molecule has 0 spiro atoms. The molecule has 0 atom stereocenters. The van der Waals surface area contributed by atoms with Crippen molar-refractivity contribution >= 4 is 17.5 Å². The summed E-state index contributed by atoms with van der Waals surface area (Å²) in [4.78, 5) is 25.2. The number of ether oxygens (including phenoxy) is 2. The van der Waals surface area contributed by atoms with E-state index in [0.717, 1.165) is 25.0 Å². The van der Waals surface area contributed by atoms with Crippen LogP contribution in [-0.4, -0.2) is 32.1 Å². The van der Waals surface area contributed by atoms with Crippen molar-refractivity contribution in [3.8, 4) is 11.5 Å². The van der Waals surface area contributed by atoms with Crippen LogP contribution in [0.5, 0.6) is 11.5 Å². The summed E-state index contributed by atoms with van der Waals surface area (Å²) in [6.45, 7) is 5.64. The van der Waals surface area contributed by atoms with Gasteiger partial charge < -0.3 is 20.1 Å². The lowest BCUT2D eigenvalue weighted by molar-refractivity contribution is 0.0951. The van der Waals surface area contributed by atoms with Crippen LogP contribution < -0.4 is 20.1 Å². The molecule has 0 unspecified atom stereocenters. The topological polar surface area (TPSA) is 76.7 Å². The molecule has 37 heavy (non-hydrogen) atoms. The second-order valence-corrected chi connectivity index (χ2v) is 9.53. The van der Waals surface area contributed by atoms with Crippen LogP contribution in [0.1, 0.15) is 112 Å². The van der Waals surface area contributed by atoms with Crippen LogP contribution >= 0.6 is 0 Å². The molecule has 0 fully saturated rings. The fraction of sp³-hybridized carbons (Fsp3) is 0.548. The number of rotatable bonds is 19. The van der Waals surface area contributed by atoms with Crippen LogP contribution in [0.3, 0.4) is 0 Å². The number of amides is 2. The number of hydrogen-bond acceptors (Lipinski definition) is 4. The van der Waals surface area contributed by atoms with E-state index in [1.54, 1.807) is 30.3 Å². The highest BCUT2D eigenvalue weighted by molar-refractivity contribution is 6.06. The number of unbranched alkanes of at least 4 members (excludes halogenated alkanes) is 10. The molecule has 6 nitrogen and oxygen atoms in total. The number of carbonyl (C=O) groups excluding carboxylic acids is 2. The zero-order chi connectivity index (χ0) is 26.7. The predicted molar refractivity (Wildman–Crippen MR) is 152 cm³/mol. The van der Waals surface area contributed by atoms with Crippen LogP contribution in [0, 0.1) is 0 Å². The smallest absolute Gasteiger partial charge is 0.255 e. The summed E-state index contributed by atoms with van der Waals surface area (Å²) in [5.74, 6) is 0.810. The maximum Gasteiger partial charge on any atom is 0.255 e. The van der Waals surface area contributed by atoms with Crippen molar-refractivity contribution in [3.05, 3.63) is 53.6 Å². The second-order valence-electron chi connectivity index (χ2n) is 9.53. The van der Waals surface area contributed by atoms with Crippen molar-refractivity contribution in [1.82, 2.24) is 5.32 Å². The van der Waals surface area contributed by atoms with Gasteiger partial charge in [-0.15, -0.1) is 0 Å². The van der Waals surface area contributed by atoms with Crippen molar-refractivity contribution in [1.29, 1.82) is 0 Å². The van der Waals surface area contributed by atoms with Crippen LogP contribution in [0.2, 0.25) is 0 Å². The summed E-state index contributed by atoms with van der Waals surface area (Å²) in [6.07, 6.45) is 14.9. The molecule has 0 saturated heterocycles. The molecule has 2 aromatic carbocycles. The van der Waals surface area contributed by atoms with Crippen LogP contribution in [0.4, 0.5) is 5.69 Å². The summed E-state index contributed by atoms with van der Waals surface area (Å²) < 4.78 is 11.2. The number of hydrogen-bond donors (Lipinski definition) is 2. The van der Waals surface area contributed by atoms with Crippen molar-refractivity contribution in [2.45, 2.75) is 90.9 Å². The fourth-order valence-electron chi connectivity index (χ4n) is 4.10. The van der Waals surface area contributed by atoms with Gasteiger partial charge in [-0.3, -0.25) is 9.59 Å². The van der Waals surface area contributed by atoms with Gasteiger partial charge in [-0.2, -0.15) is 0 Å². The number of anilines is 1. The zero-order valence-electron chi connectivity index (χ0n) is 23.1. The minimum absolute atomic E-state index is 0.171. The first-order valence-electron chi connectivity index (χ1n) is 14.1. The number of nitrogens with one attached hydrogen (secondary N) is 2. The Labute approximate surface area is 223 Å². The summed E-state index contributed by atoms with van der Waals surface area (Å²) in [6, 6.07) is 12.2. The number of benzene rings is 2. The van der Waals surface area contributed by atoms with Crippen LogP contribution in [0.15, 0.2) is 42.5 Å². The Morgan fingerprint density at radius 2 is 1.30 bits per heavy atom. The van der Waals surface area contributed by atoms with Gasteiger partial charge in [-0.1, -0.05) is 78.1 Å². The van der Waals surface area contributed by atoms with Gasteiger partial charge >= 0.3 is 0 Å². The highest BCUT2D eigenvalue weighted by Gasteiger charge is 2.14. The Hall–Kier alpha value is -3.02. The lowest BCUT2D eigenvalue weighted by Gasteiger charge is -2.13. The highest BCUT2D eigenvalue weighted by Crippen LogP contribution is 2.26. The molecular formula is C31H46N2O4. The third kappa shape index (κ3) is 11.7. The molecule has 2 aromatic rings. The molecule has 2 amide bonds. The maximum atomic E-state index is 12.8. The second kappa shape index (κ2) is 18.3. The van der Waals surface area contributed by atoms with Gasteiger partial charge in [0, 0.05) is 17.7 Å². The highest BCUT2D eigenvalue weighted by atomic mass is 16.5. The average Bonchev–Trinajstić information content (AvgIpc) is 2.92. The Morgan fingerprint density at radius 1 is 0.703 bits per heavy atom. The summed E-state index contributed by atoms with van der Waals surface area (Å²) >= 11 is 0. The summed E-state index contributed by atoms with van der Waals surface area (Å²) in [5.41, 5.74) is 1.44. The first kappa shape index (κ1) is 30.2. The van der Waals surface area contributed by atoms with Crippen molar-refractivity contribution in [2.75, 3.05) is 25.6 Å². The van der Waals surface area contributed by atoms with Gasteiger partial charge in [-0.05, 0) is 55.3 Å². The first-order valence-corrected chi connectivity index (χ1v) is 14.1. The molecule has 0 aliphatic heterocycles. The number of methoxy groups -OCH3 is 1. The Bertz CT molecular complexity index is 927. The molecule has 0 aliphatic rings. The maximum absolute atomic E-state index is 12.8. The SMILES string of the molecule is CCCCCCCCCCCCOc1ccc(C(=O)Nc2cc(C(=O)NCCCC)ccc2OC)cc1. The summed E-state index contributed by atoms with van der Waals surface area (Å²) in [5, 5.41) is 5.76. The van der Waals surface area contributed by atoms with E-state index in [-0.39, 0.29) is 11.8 Å². The molecule has 2 N–H and O–H groups in total. The van der Waals surface area contributed by atoms with E-state index in [0.29, 0.717) is 35.7 Å². The minimum atomic E-state index is -0.275. The standard InChI is InChI=1S/C31H46N2O4/c1-4-6-8-9-10-11-12-13-14-15-23-37-27-19-16-25(17-20-27)31(35)33-28-24-26(18-21-29(28)36-3)30(34)32-22-7-5-2/h16-21,24H,4-15,22-23H2,1-3H3,(H,32,34)(H,33,35). The molecule has 0 aromatic heterocycles. The normalized spacial score (nSPS) is 10.7. The molecular weight excluding hydrogens is 464 g/mol. The zero-order valence-corrected chi connectivity index (χ0v) is 23.1. The van der Waals surface area contributed by atoms with Crippen LogP contribution in [-0.2, 0) is 0 Å². The lowest BCUT2D eigenvalue weighted by atomic mass is 10.1. The van der Waals surface area contributed by atoms with E-state index in [9.17, 15) is 9.59 Å². The fourth-order valence-corrected chi connectivity index (χ4v) is 4.10. The molecule has 2 rings (SSSR count).